The van der Waals surface area contributed by atoms with Crippen LogP contribution in [0.3, 0.4) is 0 Å². The van der Waals surface area contributed by atoms with Crippen LogP contribution >= 0.6 is 0 Å². The van der Waals surface area contributed by atoms with Crippen molar-refractivity contribution in [2.45, 2.75) is 26.4 Å². The van der Waals surface area contributed by atoms with Gasteiger partial charge in [-0.15, -0.1) is 0 Å². The summed E-state index contributed by atoms with van der Waals surface area (Å²) in [6.45, 7) is 7.61. The van der Waals surface area contributed by atoms with Crippen LogP contribution in [-0.2, 0) is 4.74 Å². The highest BCUT2D eigenvalue weighted by Crippen LogP contribution is 2.22. The number of nitrogens with zero attached hydrogens (tertiary/aromatic N) is 5. The second-order valence-corrected chi connectivity index (χ2v) is 6.81. The first-order valence-corrected chi connectivity index (χ1v) is 8.08. The van der Waals surface area contributed by atoms with Crippen LogP contribution in [0.15, 0.2) is 18.6 Å². The van der Waals surface area contributed by atoms with Crippen LogP contribution in [0, 0.1) is 5.82 Å². The fourth-order valence-electron chi connectivity index (χ4n) is 2.51. The molecule has 8 nitrogen and oxygen atoms in total. The van der Waals surface area contributed by atoms with E-state index in [0.29, 0.717) is 37.7 Å². The minimum Gasteiger partial charge on any atom is -0.444 e. The molecule has 0 saturated carbocycles. The van der Waals surface area contributed by atoms with Gasteiger partial charge in [0.25, 0.3) is 0 Å². The molecule has 1 amide bonds. The maximum atomic E-state index is 14.0. The van der Waals surface area contributed by atoms with E-state index in [1.165, 1.54) is 6.20 Å². The van der Waals surface area contributed by atoms with E-state index < -0.39 is 11.4 Å². The van der Waals surface area contributed by atoms with Gasteiger partial charge in [0, 0.05) is 37.9 Å². The minimum atomic E-state index is -0.520. The van der Waals surface area contributed by atoms with Gasteiger partial charge in [0.05, 0.1) is 12.4 Å². The number of halogens is 1. The number of carbonyl (C=O) groups excluding carboxylic acids is 1. The van der Waals surface area contributed by atoms with Crippen LogP contribution in [0.2, 0.25) is 0 Å². The van der Waals surface area contributed by atoms with E-state index in [1.54, 1.807) is 11.1 Å². The van der Waals surface area contributed by atoms with Crippen molar-refractivity contribution in [3.05, 3.63) is 24.4 Å². The van der Waals surface area contributed by atoms with E-state index in [1.807, 2.05) is 25.7 Å². The third kappa shape index (κ3) is 4.04. The fraction of sp³-hybridized carbons (Fsp3) is 0.500. The number of H-pyrrole nitrogens is 1. The molecule has 3 rings (SSSR count). The molecule has 0 spiro atoms. The highest BCUT2D eigenvalue weighted by Gasteiger charge is 2.27. The average molecular weight is 348 g/mol. The Morgan fingerprint density at radius 3 is 2.56 bits per heavy atom. The topological polar surface area (TPSA) is 87.2 Å². The first-order chi connectivity index (χ1) is 11.8. The number of anilines is 1. The maximum Gasteiger partial charge on any atom is 0.410 e. The third-order valence-corrected chi connectivity index (χ3v) is 3.72. The van der Waals surface area contributed by atoms with Gasteiger partial charge < -0.3 is 14.5 Å². The molecule has 2 aromatic heterocycles. The van der Waals surface area contributed by atoms with Gasteiger partial charge in [-0.25, -0.2) is 19.2 Å². The van der Waals surface area contributed by atoms with Crippen molar-refractivity contribution in [1.29, 1.82) is 0 Å². The molecular formula is C16H21FN6O2. The Bertz CT molecular complexity index is 736. The van der Waals surface area contributed by atoms with Crippen LogP contribution in [-0.4, -0.2) is 62.9 Å². The molecule has 1 fully saturated rings. The second kappa shape index (κ2) is 6.66. The number of aromatic amines is 1. The number of hydrogen-bond acceptors (Lipinski definition) is 6. The molecule has 0 radical (unpaired) electrons. The third-order valence-electron chi connectivity index (χ3n) is 3.72. The van der Waals surface area contributed by atoms with Crippen molar-refractivity contribution in [2.24, 2.45) is 0 Å². The van der Waals surface area contributed by atoms with E-state index in [4.69, 9.17) is 4.74 Å². The largest absolute Gasteiger partial charge is 0.444 e. The lowest BCUT2D eigenvalue weighted by atomic mass is 10.2. The second-order valence-electron chi connectivity index (χ2n) is 6.81. The Morgan fingerprint density at radius 1 is 1.24 bits per heavy atom. The molecular weight excluding hydrogens is 327 g/mol. The van der Waals surface area contributed by atoms with Gasteiger partial charge >= 0.3 is 6.09 Å². The van der Waals surface area contributed by atoms with Gasteiger partial charge in [-0.1, -0.05) is 0 Å². The fourth-order valence-corrected chi connectivity index (χ4v) is 2.51. The Morgan fingerprint density at radius 2 is 1.96 bits per heavy atom. The summed E-state index contributed by atoms with van der Waals surface area (Å²) in [6, 6.07) is 0. The predicted molar refractivity (Wildman–Crippen MR) is 89.6 cm³/mol. The van der Waals surface area contributed by atoms with Gasteiger partial charge in [0.1, 0.15) is 11.3 Å². The number of amides is 1. The minimum absolute atomic E-state index is 0.202. The normalized spacial score (nSPS) is 15.4. The van der Waals surface area contributed by atoms with Crippen molar-refractivity contribution in [3.8, 4) is 11.3 Å². The van der Waals surface area contributed by atoms with E-state index >= 15 is 0 Å². The first kappa shape index (κ1) is 17.1. The SMILES string of the molecule is CC(C)(C)OC(=O)N1CCN(c2ncc(F)c(-c3cn[nH]c3)n2)CC1. The average Bonchev–Trinajstić information content (AvgIpc) is 3.08. The molecule has 1 aliphatic rings. The van der Waals surface area contributed by atoms with Crippen LogP contribution in [0.1, 0.15) is 20.8 Å². The smallest absolute Gasteiger partial charge is 0.410 e. The zero-order valence-corrected chi connectivity index (χ0v) is 14.5. The number of rotatable bonds is 2. The zero-order chi connectivity index (χ0) is 18.0. The molecule has 1 saturated heterocycles. The zero-order valence-electron chi connectivity index (χ0n) is 14.5. The van der Waals surface area contributed by atoms with E-state index in [-0.39, 0.29) is 11.8 Å². The van der Waals surface area contributed by atoms with Crippen molar-refractivity contribution >= 4 is 12.0 Å². The molecule has 1 N–H and O–H groups in total. The number of carbonyl (C=O) groups is 1. The number of ether oxygens (including phenoxy) is 1. The van der Waals surface area contributed by atoms with E-state index in [2.05, 4.69) is 20.2 Å². The van der Waals surface area contributed by atoms with Gasteiger partial charge in [0.2, 0.25) is 5.95 Å². The summed E-state index contributed by atoms with van der Waals surface area (Å²) in [4.78, 5) is 24.1. The van der Waals surface area contributed by atoms with E-state index in [9.17, 15) is 9.18 Å². The van der Waals surface area contributed by atoms with Crippen LogP contribution in [0.25, 0.3) is 11.3 Å². The quantitative estimate of drug-likeness (QED) is 0.894. The van der Waals surface area contributed by atoms with Crippen LogP contribution < -0.4 is 4.90 Å². The lowest BCUT2D eigenvalue weighted by molar-refractivity contribution is 0.0240. The van der Waals surface area contributed by atoms with Gasteiger partial charge in [-0.05, 0) is 20.8 Å². The van der Waals surface area contributed by atoms with Crippen LogP contribution in [0.5, 0.6) is 0 Å². The lowest BCUT2D eigenvalue weighted by Crippen LogP contribution is -2.50. The molecule has 0 bridgehead atoms. The Kier molecular flexibility index (Phi) is 4.56. The summed E-state index contributed by atoms with van der Waals surface area (Å²) >= 11 is 0. The Balaban J connectivity index is 1.67. The van der Waals surface area contributed by atoms with Crippen molar-refractivity contribution in [2.75, 3.05) is 31.1 Å². The molecule has 0 aromatic carbocycles. The highest BCUT2D eigenvalue weighted by molar-refractivity contribution is 5.68. The molecule has 1 aliphatic heterocycles. The Hall–Kier alpha value is -2.71. The number of piperazine rings is 1. The molecule has 0 unspecified atom stereocenters. The maximum absolute atomic E-state index is 14.0. The van der Waals surface area contributed by atoms with Crippen molar-refractivity contribution in [3.63, 3.8) is 0 Å². The lowest BCUT2D eigenvalue weighted by Gasteiger charge is -2.35. The highest BCUT2D eigenvalue weighted by atomic mass is 19.1. The van der Waals surface area contributed by atoms with Crippen molar-refractivity contribution in [1.82, 2.24) is 25.1 Å². The predicted octanol–water partition coefficient (Wildman–Crippen LogP) is 2.06. The summed E-state index contributed by atoms with van der Waals surface area (Å²) in [7, 11) is 0. The molecule has 0 atom stereocenters. The molecule has 0 aliphatic carbocycles. The summed E-state index contributed by atoms with van der Waals surface area (Å²) in [6.07, 6.45) is 3.92. The number of nitrogens with one attached hydrogen (secondary N) is 1. The van der Waals surface area contributed by atoms with Crippen LogP contribution in [0.4, 0.5) is 15.1 Å². The molecule has 9 heteroatoms. The number of hydrogen-bond donors (Lipinski definition) is 1. The standard InChI is InChI=1S/C16H21FN6O2/c1-16(2,3)25-15(24)23-6-4-22(5-7-23)14-18-10-12(17)13(21-14)11-8-19-20-9-11/h8-10H,4-7H2,1-3H3,(H,19,20). The summed E-state index contributed by atoms with van der Waals surface area (Å²) < 4.78 is 19.4. The van der Waals surface area contributed by atoms with Gasteiger partial charge in [-0.3, -0.25) is 5.10 Å². The molecule has 2 aromatic rings. The summed E-state index contributed by atoms with van der Waals surface area (Å²) in [5, 5.41) is 6.46. The Labute approximate surface area is 145 Å². The van der Waals surface area contributed by atoms with Gasteiger partial charge in [-0.2, -0.15) is 5.10 Å². The monoisotopic (exact) mass is 348 g/mol. The molecule has 3 heterocycles. The summed E-state index contributed by atoms with van der Waals surface area (Å²) in [5.41, 5.74) is 0.246. The first-order valence-electron chi connectivity index (χ1n) is 8.08. The van der Waals surface area contributed by atoms with E-state index in [0.717, 1.165) is 6.20 Å². The van der Waals surface area contributed by atoms with Gasteiger partial charge in [0.15, 0.2) is 5.82 Å². The molecule has 25 heavy (non-hydrogen) atoms. The van der Waals surface area contributed by atoms with Crippen molar-refractivity contribution < 1.29 is 13.9 Å². The summed E-state index contributed by atoms with van der Waals surface area (Å²) in [5.74, 6) is -0.0704. The molecule has 134 valence electrons. The number of aromatic nitrogens is 4.